The second-order valence-corrected chi connectivity index (χ2v) is 8.65. The summed E-state index contributed by atoms with van der Waals surface area (Å²) >= 11 is 1.76. The smallest absolute Gasteiger partial charge is 0.341 e. The van der Waals surface area contributed by atoms with Crippen LogP contribution >= 0.6 is 11.8 Å². The number of hydrogen-bond donors (Lipinski definition) is 1. The van der Waals surface area contributed by atoms with Gasteiger partial charge in [0.1, 0.15) is 5.75 Å². The Kier molecular flexibility index (Phi) is 8.57. The molecule has 166 valence electrons. The molecule has 0 aliphatic heterocycles. The average molecular weight is 447 g/mol. The number of carboxylic acids is 1. The molecule has 0 unspecified atom stereocenters. The van der Waals surface area contributed by atoms with Gasteiger partial charge in [-0.1, -0.05) is 68.5 Å². The van der Waals surface area contributed by atoms with E-state index in [1.807, 2.05) is 19.1 Å². The van der Waals surface area contributed by atoms with Gasteiger partial charge in [0, 0.05) is 10.6 Å². The average Bonchev–Trinajstić information content (AvgIpc) is 2.81. The van der Waals surface area contributed by atoms with Gasteiger partial charge in [-0.25, -0.2) is 4.79 Å². The first-order chi connectivity index (χ1) is 15.5. The van der Waals surface area contributed by atoms with Crippen LogP contribution in [0.1, 0.15) is 41.7 Å². The van der Waals surface area contributed by atoms with Crippen LogP contribution in [0.3, 0.4) is 0 Å². The Balaban J connectivity index is 1.87. The molecule has 32 heavy (non-hydrogen) atoms. The number of benzene rings is 3. The lowest BCUT2D eigenvalue weighted by molar-refractivity contribution is -0.139. The Labute approximate surface area is 195 Å². The van der Waals surface area contributed by atoms with E-state index in [9.17, 15) is 4.79 Å². The molecule has 3 nitrogen and oxygen atoms in total. The maximum Gasteiger partial charge on any atom is 0.341 e. The summed E-state index contributed by atoms with van der Waals surface area (Å²) in [6.45, 7) is 6.02. The van der Waals surface area contributed by atoms with Gasteiger partial charge in [0.2, 0.25) is 0 Å². The topological polar surface area (TPSA) is 46.5 Å². The van der Waals surface area contributed by atoms with Crippen LogP contribution < -0.4 is 4.74 Å². The predicted octanol–water partition coefficient (Wildman–Crippen LogP) is 6.81. The molecule has 3 rings (SSSR count). The van der Waals surface area contributed by atoms with Gasteiger partial charge >= 0.3 is 5.97 Å². The lowest BCUT2D eigenvalue weighted by Crippen LogP contribution is -2.09. The van der Waals surface area contributed by atoms with Crippen LogP contribution in [0.25, 0.3) is 5.57 Å². The van der Waals surface area contributed by atoms with Crippen LogP contribution in [-0.4, -0.2) is 23.4 Å². The quantitative estimate of drug-likeness (QED) is 0.348. The van der Waals surface area contributed by atoms with Crippen molar-refractivity contribution >= 4 is 23.3 Å². The molecule has 0 aliphatic rings. The van der Waals surface area contributed by atoms with Crippen molar-refractivity contribution in [1.82, 2.24) is 0 Å². The van der Waals surface area contributed by atoms with Crippen molar-refractivity contribution < 1.29 is 14.6 Å². The number of carbonyl (C=O) groups is 1. The van der Waals surface area contributed by atoms with Crippen molar-refractivity contribution in [3.63, 3.8) is 0 Å². The van der Waals surface area contributed by atoms with Gasteiger partial charge in [0.05, 0.1) is 0 Å². The van der Waals surface area contributed by atoms with Crippen LogP contribution in [0.4, 0.5) is 0 Å². The van der Waals surface area contributed by atoms with E-state index in [0.717, 1.165) is 29.1 Å². The molecule has 3 aromatic carbocycles. The Morgan fingerprint density at radius 3 is 2.06 bits per heavy atom. The van der Waals surface area contributed by atoms with E-state index in [-0.39, 0.29) is 6.61 Å². The Morgan fingerprint density at radius 1 is 0.938 bits per heavy atom. The largest absolute Gasteiger partial charge is 0.482 e. The molecule has 4 heteroatoms. The first-order valence-electron chi connectivity index (χ1n) is 11.0. The monoisotopic (exact) mass is 446 g/mol. The zero-order valence-corrected chi connectivity index (χ0v) is 19.7. The highest BCUT2D eigenvalue weighted by Gasteiger charge is 2.12. The highest BCUT2D eigenvalue weighted by molar-refractivity contribution is 7.99. The lowest BCUT2D eigenvalue weighted by atomic mass is 9.89. The lowest BCUT2D eigenvalue weighted by Gasteiger charge is -2.16. The summed E-state index contributed by atoms with van der Waals surface area (Å²) in [4.78, 5) is 11.9. The zero-order valence-electron chi connectivity index (χ0n) is 18.9. The van der Waals surface area contributed by atoms with Gasteiger partial charge in [-0.3, -0.25) is 0 Å². The molecule has 0 saturated heterocycles. The number of ether oxygens (including phenoxy) is 1. The molecule has 3 aromatic rings. The number of carboxylic acid groups (broad SMARTS) is 1. The molecule has 1 N–H and O–H groups in total. The van der Waals surface area contributed by atoms with Gasteiger partial charge < -0.3 is 9.84 Å². The SMILES string of the molecule is CCc1ccccc1C(=CCSc1ccc(OCC(=O)O)c(C)c1)c1ccccc1CC. The normalized spacial score (nSPS) is 10.6. The minimum Gasteiger partial charge on any atom is -0.482 e. The Hall–Kier alpha value is -2.98. The third kappa shape index (κ3) is 6.04. The van der Waals surface area contributed by atoms with Gasteiger partial charge in [0.25, 0.3) is 0 Å². The maximum atomic E-state index is 10.7. The van der Waals surface area contributed by atoms with Crippen molar-refractivity contribution in [3.8, 4) is 5.75 Å². The van der Waals surface area contributed by atoms with Crippen LogP contribution in [0.15, 0.2) is 77.7 Å². The second kappa shape index (κ2) is 11.6. The van der Waals surface area contributed by atoms with E-state index in [0.29, 0.717) is 5.75 Å². The predicted molar refractivity (Wildman–Crippen MR) is 134 cm³/mol. The molecule has 0 fully saturated rings. The van der Waals surface area contributed by atoms with Gasteiger partial charge in [-0.2, -0.15) is 0 Å². The van der Waals surface area contributed by atoms with E-state index >= 15 is 0 Å². The van der Waals surface area contributed by atoms with Crippen LogP contribution in [0, 0.1) is 6.92 Å². The van der Waals surface area contributed by atoms with Crippen LogP contribution in [0.2, 0.25) is 0 Å². The Morgan fingerprint density at radius 2 is 1.53 bits per heavy atom. The van der Waals surface area contributed by atoms with Crippen LogP contribution in [0.5, 0.6) is 5.75 Å². The molecule has 0 radical (unpaired) electrons. The summed E-state index contributed by atoms with van der Waals surface area (Å²) in [6, 6.07) is 23.2. The fraction of sp³-hybridized carbons (Fsp3) is 0.250. The number of aryl methyl sites for hydroxylation is 3. The Bertz CT molecular complexity index is 1050. The minimum absolute atomic E-state index is 0.326. The van der Waals surface area contributed by atoms with Gasteiger partial charge in [0.15, 0.2) is 6.61 Å². The molecular weight excluding hydrogens is 416 g/mol. The fourth-order valence-corrected chi connectivity index (χ4v) is 4.65. The molecule has 0 atom stereocenters. The number of hydrogen-bond acceptors (Lipinski definition) is 3. The summed E-state index contributed by atoms with van der Waals surface area (Å²) in [5.41, 5.74) is 7.52. The third-order valence-electron chi connectivity index (χ3n) is 5.41. The van der Waals surface area contributed by atoms with E-state index in [1.54, 1.807) is 11.8 Å². The number of rotatable bonds is 10. The van der Waals surface area contributed by atoms with Crippen molar-refractivity contribution in [3.05, 3.63) is 101 Å². The molecule has 0 aliphatic carbocycles. The molecule has 0 bridgehead atoms. The zero-order chi connectivity index (χ0) is 22.9. The number of thioether (sulfide) groups is 1. The van der Waals surface area contributed by atoms with Crippen molar-refractivity contribution in [2.45, 2.75) is 38.5 Å². The summed E-state index contributed by atoms with van der Waals surface area (Å²) in [7, 11) is 0. The summed E-state index contributed by atoms with van der Waals surface area (Å²) in [6.07, 6.45) is 4.32. The summed E-state index contributed by atoms with van der Waals surface area (Å²) in [5, 5.41) is 8.82. The molecule has 0 aromatic heterocycles. The summed E-state index contributed by atoms with van der Waals surface area (Å²) in [5.74, 6) is 0.474. The first-order valence-corrected chi connectivity index (χ1v) is 12.0. The van der Waals surface area contributed by atoms with Crippen molar-refractivity contribution in [2.24, 2.45) is 0 Å². The standard InChI is InChI=1S/C28H30O3S/c1-4-21-10-6-8-12-24(21)26(25-13-9-7-11-22(25)5-2)16-17-32-23-14-15-27(20(3)18-23)31-19-28(29)30/h6-16,18H,4-5,17,19H2,1-3H3,(H,29,30). The maximum absolute atomic E-state index is 10.7. The molecule has 0 spiro atoms. The molecule has 0 heterocycles. The van der Waals surface area contributed by atoms with Crippen LogP contribution in [-0.2, 0) is 17.6 Å². The molecular formula is C28H30O3S. The van der Waals surface area contributed by atoms with E-state index < -0.39 is 5.97 Å². The summed E-state index contributed by atoms with van der Waals surface area (Å²) < 4.78 is 5.34. The van der Waals surface area contributed by atoms with E-state index in [4.69, 9.17) is 9.84 Å². The van der Waals surface area contributed by atoms with Gasteiger partial charge in [-0.05, 0) is 71.4 Å². The second-order valence-electron chi connectivity index (χ2n) is 7.56. The minimum atomic E-state index is -0.972. The molecule has 0 amide bonds. The van der Waals surface area contributed by atoms with E-state index in [1.165, 1.54) is 27.8 Å². The first kappa shape index (κ1) is 23.7. The third-order valence-corrected chi connectivity index (χ3v) is 6.33. The highest BCUT2D eigenvalue weighted by atomic mass is 32.2. The molecule has 0 saturated carbocycles. The fourth-order valence-electron chi connectivity index (χ4n) is 3.78. The highest BCUT2D eigenvalue weighted by Crippen LogP contribution is 2.32. The van der Waals surface area contributed by atoms with Gasteiger partial charge in [-0.15, -0.1) is 11.8 Å². The number of aliphatic carboxylic acids is 1. The van der Waals surface area contributed by atoms with Crippen molar-refractivity contribution in [1.29, 1.82) is 0 Å². The van der Waals surface area contributed by atoms with E-state index in [2.05, 4.69) is 74.5 Å². The van der Waals surface area contributed by atoms with Crippen molar-refractivity contribution in [2.75, 3.05) is 12.4 Å².